The van der Waals surface area contributed by atoms with E-state index in [2.05, 4.69) is 10.1 Å². The fraction of sp³-hybridized carbons (Fsp3) is 0.818. The highest BCUT2D eigenvalue weighted by molar-refractivity contribution is 8.55. The number of thioether (sulfide) groups is 2. The van der Waals surface area contributed by atoms with Crippen LogP contribution in [-0.2, 0) is 13.7 Å². The molecule has 0 fully saturated rings. The highest BCUT2D eigenvalue weighted by Crippen LogP contribution is 2.61. The molecule has 0 saturated carbocycles. The molecule has 0 N–H and O–H groups in total. The molecule has 0 amide bonds. The van der Waals surface area contributed by atoms with Crippen molar-refractivity contribution in [3.63, 3.8) is 0 Å². The second kappa shape index (κ2) is 8.13. The molecule has 0 aromatic carbocycles. The standard InChI is InChI=1S/C11H21N2O3PS3/c1-6-8-19-17(14,15-7-2)16-13-10-9(18-5)12-11(3,4)20-10/h6-8H2,1-5H3/b13-10-. The molecule has 1 aliphatic heterocycles. The van der Waals surface area contributed by atoms with Crippen molar-refractivity contribution in [3.05, 3.63) is 0 Å². The van der Waals surface area contributed by atoms with Gasteiger partial charge in [0, 0.05) is 5.75 Å². The van der Waals surface area contributed by atoms with E-state index >= 15 is 0 Å². The van der Waals surface area contributed by atoms with E-state index in [1.807, 2.05) is 27.0 Å². The number of hydrogen-bond acceptors (Lipinski definition) is 8. The number of hydrogen-bond donors (Lipinski definition) is 0. The van der Waals surface area contributed by atoms with Gasteiger partial charge in [0.25, 0.3) is 0 Å². The van der Waals surface area contributed by atoms with Gasteiger partial charge in [-0.25, -0.2) is 4.57 Å². The minimum Gasteiger partial charge on any atom is -0.304 e. The summed E-state index contributed by atoms with van der Waals surface area (Å²) in [6, 6.07) is 0. The molecule has 0 bridgehead atoms. The highest BCUT2D eigenvalue weighted by Gasteiger charge is 2.33. The normalized spacial score (nSPS) is 22.6. The Morgan fingerprint density at radius 3 is 2.70 bits per heavy atom. The van der Waals surface area contributed by atoms with Gasteiger partial charge in [0.2, 0.25) is 0 Å². The lowest BCUT2D eigenvalue weighted by Crippen LogP contribution is -2.06. The molecule has 1 heterocycles. The maximum Gasteiger partial charge on any atom is 0.459 e. The Hall–Kier alpha value is 0.380. The van der Waals surface area contributed by atoms with Crippen molar-refractivity contribution in [1.29, 1.82) is 0 Å². The monoisotopic (exact) mass is 356 g/mol. The molecule has 0 radical (unpaired) electrons. The number of nitrogens with zero attached hydrogens (tertiary/aromatic N) is 2. The second-order valence-electron chi connectivity index (χ2n) is 4.35. The third-order valence-corrected chi connectivity index (χ3v) is 7.69. The Bertz CT molecular complexity index is 441. The fourth-order valence-corrected chi connectivity index (χ4v) is 6.23. The molecule has 0 aliphatic carbocycles. The molecule has 9 heteroatoms. The molecular weight excluding hydrogens is 335 g/mol. The van der Waals surface area contributed by atoms with E-state index in [0.717, 1.165) is 11.5 Å². The average molecular weight is 356 g/mol. The first kappa shape index (κ1) is 18.4. The van der Waals surface area contributed by atoms with Gasteiger partial charge in [-0.3, -0.25) is 9.52 Å². The van der Waals surface area contributed by atoms with Crippen LogP contribution in [0.2, 0.25) is 0 Å². The first-order valence-electron chi connectivity index (χ1n) is 6.35. The van der Waals surface area contributed by atoms with Crippen molar-refractivity contribution in [2.24, 2.45) is 10.1 Å². The molecule has 0 spiro atoms. The predicted octanol–water partition coefficient (Wildman–Crippen LogP) is 4.85. The average Bonchev–Trinajstić information content (AvgIpc) is 2.69. The fourth-order valence-electron chi connectivity index (χ4n) is 1.32. The molecule has 116 valence electrons. The quantitative estimate of drug-likeness (QED) is 0.480. The van der Waals surface area contributed by atoms with Crippen LogP contribution in [0.4, 0.5) is 0 Å². The molecule has 1 rings (SSSR count). The van der Waals surface area contributed by atoms with E-state index in [1.54, 1.807) is 6.92 Å². The lowest BCUT2D eigenvalue weighted by atomic mass is 10.4. The molecule has 5 nitrogen and oxygen atoms in total. The number of oxime groups is 1. The summed E-state index contributed by atoms with van der Waals surface area (Å²) in [7, 11) is 0. The molecule has 1 atom stereocenters. The molecule has 0 aromatic heterocycles. The molecule has 20 heavy (non-hydrogen) atoms. The first-order valence-corrected chi connectivity index (χ1v) is 11.5. The zero-order valence-corrected chi connectivity index (χ0v) is 15.8. The molecule has 1 unspecified atom stereocenters. The summed E-state index contributed by atoms with van der Waals surface area (Å²) in [5, 5.41) is 5.51. The summed E-state index contributed by atoms with van der Waals surface area (Å²) in [4.78, 5) is 4.27. The zero-order valence-electron chi connectivity index (χ0n) is 12.4. The van der Waals surface area contributed by atoms with Gasteiger partial charge in [-0.1, -0.05) is 23.8 Å². The van der Waals surface area contributed by atoms with Crippen LogP contribution >= 0.6 is 41.7 Å². The van der Waals surface area contributed by atoms with Crippen molar-refractivity contribution in [2.45, 2.75) is 39.0 Å². The van der Waals surface area contributed by atoms with Crippen LogP contribution in [-0.4, -0.2) is 33.6 Å². The maximum atomic E-state index is 12.4. The minimum absolute atomic E-state index is 0.257. The zero-order chi connectivity index (χ0) is 15.2. The number of aliphatic imine (C=N–C) groups is 1. The molecule has 0 aromatic rings. The van der Waals surface area contributed by atoms with Crippen molar-refractivity contribution in [1.82, 2.24) is 0 Å². The SMILES string of the molecule is CCCSP(=O)(OCC)O/N=C1\SC(C)(C)N=C1SC. The van der Waals surface area contributed by atoms with Crippen molar-refractivity contribution in [2.75, 3.05) is 18.6 Å². The summed E-state index contributed by atoms with van der Waals surface area (Å²) >= 11 is 4.19. The van der Waals surface area contributed by atoms with Crippen LogP contribution in [0, 0.1) is 0 Å². The third kappa shape index (κ3) is 5.64. The lowest BCUT2D eigenvalue weighted by Gasteiger charge is -2.14. The number of rotatable bonds is 7. The van der Waals surface area contributed by atoms with Crippen LogP contribution in [0.1, 0.15) is 34.1 Å². The topological polar surface area (TPSA) is 60.2 Å². The van der Waals surface area contributed by atoms with E-state index in [9.17, 15) is 4.57 Å². The van der Waals surface area contributed by atoms with Crippen LogP contribution < -0.4 is 0 Å². The van der Waals surface area contributed by atoms with E-state index in [0.29, 0.717) is 17.4 Å². The molecular formula is C11H21N2O3PS3. The largest absolute Gasteiger partial charge is 0.459 e. The van der Waals surface area contributed by atoms with Crippen molar-refractivity contribution < 1.29 is 13.7 Å². The van der Waals surface area contributed by atoms with Crippen LogP contribution in [0.3, 0.4) is 0 Å². The van der Waals surface area contributed by atoms with Crippen LogP contribution in [0.25, 0.3) is 0 Å². The van der Waals surface area contributed by atoms with Gasteiger partial charge >= 0.3 is 6.80 Å². The van der Waals surface area contributed by atoms with Crippen molar-refractivity contribution in [3.8, 4) is 0 Å². The predicted molar refractivity (Wildman–Crippen MR) is 93.1 cm³/mol. The van der Waals surface area contributed by atoms with Gasteiger partial charge in [-0.05, 0) is 44.8 Å². The lowest BCUT2D eigenvalue weighted by molar-refractivity contribution is 0.237. The smallest absolute Gasteiger partial charge is 0.304 e. The Kier molecular flexibility index (Phi) is 7.49. The van der Waals surface area contributed by atoms with Gasteiger partial charge in [0.15, 0.2) is 5.04 Å². The van der Waals surface area contributed by atoms with E-state index in [4.69, 9.17) is 9.15 Å². The second-order valence-corrected chi connectivity index (χ2v) is 10.8. The van der Waals surface area contributed by atoms with E-state index in [-0.39, 0.29) is 4.87 Å². The third-order valence-electron chi connectivity index (χ3n) is 2.06. The Balaban J connectivity index is 2.78. The summed E-state index contributed by atoms with van der Waals surface area (Å²) in [6.45, 7) is 4.93. The molecule has 0 saturated heterocycles. The van der Waals surface area contributed by atoms with Gasteiger partial charge < -0.3 is 4.62 Å². The maximum absolute atomic E-state index is 12.4. The Morgan fingerprint density at radius 2 is 2.15 bits per heavy atom. The van der Waals surface area contributed by atoms with E-state index < -0.39 is 6.80 Å². The van der Waals surface area contributed by atoms with Gasteiger partial charge in [0.05, 0.1) is 6.61 Å². The summed E-state index contributed by atoms with van der Waals surface area (Å²) < 4.78 is 22.9. The van der Waals surface area contributed by atoms with Gasteiger partial charge in [0.1, 0.15) is 9.91 Å². The van der Waals surface area contributed by atoms with E-state index in [1.165, 1.54) is 34.9 Å². The summed E-state index contributed by atoms with van der Waals surface area (Å²) in [5.41, 5.74) is 0. The first-order chi connectivity index (χ1) is 9.36. The van der Waals surface area contributed by atoms with Gasteiger partial charge in [-0.2, -0.15) is 0 Å². The van der Waals surface area contributed by atoms with Crippen LogP contribution in [0.5, 0.6) is 0 Å². The van der Waals surface area contributed by atoms with Crippen LogP contribution in [0.15, 0.2) is 10.1 Å². The Morgan fingerprint density at radius 1 is 1.45 bits per heavy atom. The van der Waals surface area contributed by atoms with Crippen molar-refractivity contribution >= 4 is 51.8 Å². The minimum atomic E-state index is -3.22. The highest BCUT2D eigenvalue weighted by atomic mass is 32.7. The van der Waals surface area contributed by atoms with Gasteiger partial charge in [-0.15, -0.1) is 11.8 Å². The summed E-state index contributed by atoms with van der Waals surface area (Å²) in [5.74, 6) is 0.713. The Labute approximate surface area is 133 Å². The summed E-state index contributed by atoms with van der Waals surface area (Å²) in [6.07, 6.45) is 2.84. The molecule has 1 aliphatic rings.